The van der Waals surface area contributed by atoms with E-state index in [2.05, 4.69) is 379 Å². The van der Waals surface area contributed by atoms with Gasteiger partial charge in [0, 0.05) is 107 Å². The molecule has 478 valence electrons. The lowest BCUT2D eigenvalue weighted by molar-refractivity contribution is 1.05. The van der Waals surface area contributed by atoms with Gasteiger partial charge < -0.3 is 27.4 Å². The second-order valence-corrected chi connectivity index (χ2v) is 28.4. The first-order chi connectivity index (χ1) is 51.2. The van der Waals surface area contributed by atoms with E-state index in [-0.39, 0.29) is 0 Å². The first-order valence-corrected chi connectivity index (χ1v) is 36.2. The maximum absolute atomic E-state index is 2.60. The molecule has 0 N–H and O–H groups in total. The highest BCUT2D eigenvalue weighted by molar-refractivity contribution is 7.27. The van der Waals surface area contributed by atoms with Gasteiger partial charge in [0.2, 0.25) is 0 Å². The van der Waals surface area contributed by atoms with Crippen molar-refractivity contribution in [1.82, 2.24) is 27.4 Å². The van der Waals surface area contributed by atoms with Gasteiger partial charge in [0.05, 0.1) is 100 Å². The van der Waals surface area contributed by atoms with Crippen molar-refractivity contribution in [2.45, 2.75) is 0 Å². The van der Waals surface area contributed by atoms with Crippen LogP contribution in [0.1, 0.15) is 0 Å². The molecule has 7 heterocycles. The van der Waals surface area contributed by atoms with Crippen LogP contribution >= 0.6 is 11.3 Å². The van der Waals surface area contributed by atoms with Crippen LogP contribution in [0.2, 0.25) is 0 Å². The van der Waals surface area contributed by atoms with Crippen LogP contribution in [0.25, 0.3) is 207 Å². The molecule has 0 fully saturated rings. The highest BCUT2D eigenvalue weighted by Gasteiger charge is 2.32. The molecule has 0 saturated heterocycles. The third kappa shape index (κ3) is 7.75. The SMILES string of the molecule is c1cc(-c2ccc(-n3c4ccccc4c4ccccc43)c(-n3c4ccccc4c4ccccc43)c2-n2c3ccccc3c3ccccc32)c2sc3c(-c4ccc(-n5c6ccccc6c6ccccc65)c(-n5c6ccccc6c6ccccc65)c4-n4c5ccccc5c5ccccc54)cccc3c2c1. The Hall–Kier alpha value is -13.5. The molecule has 23 aromatic rings. The van der Waals surface area contributed by atoms with Crippen molar-refractivity contribution in [2.75, 3.05) is 0 Å². The maximum atomic E-state index is 2.60. The summed E-state index contributed by atoms with van der Waals surface area (Å²) in [5, 5.41) is 16.9. The summed E-state index contributed by atoms with van der Waals surface area (Å²) < 4.78 is 17.9. The van der Waals surface area contributed by atoms with Gasteiger partial charge in [0.1, 0.15) is 0 Å². The summed E-state index contributed by atoms with van der Waals surface area (Å²) >= 11 is 1.92. The van der Waals surface area contributed by atoms with E-state index in [4.69, 9.17) is 0 Å². The Balaban J connectivity index is 0.882. The topological polar surface area (TPSA) is 29.6 Å². The molecule has 7 aromatic heterocycles. The second kappa shape index (κ2) is 21.5. The minimum atomic E-state index is 1.08. The zero-order valence-corrected chi connectivity index (χ0v) is 56.4. The summed E-state index contributed by atoms with van der Waals surface area (Å²) in [6.07, 6.45) is 0. The van der Waals surface area contributed by atoms with E-state index < -0.39 is 0 Å². The minimum absolute atomic E-state index is 1.08. The van der Waals surface area contributed by atoms with Crippen molar-refractivity contribution in [3.8, 4) is 56.4 Å². The van der Waals surface area contributed by atoms with Crippen molar-refractivity contribution in [2.24, 2.45) is 0 Å². The van der Waals surface area contributed by atoms with Crippen molar-refractivity contribution in [3.05, 3.63) is 352 Å². The lowest BCUT2D eigenvalue weighted by atomic mass is 9.96. The third-order valence-electron chi connectivity index (χ3n) is 22.2. The summed E-state index contributed by atoms with van der Waals surface area (Å²) in [6.45, 7) is 0. The smallest absolute Gasteiger partial charge is 0.0953 e. The van der Waals surface area contributed by atoms with Gasteiger partial charge in [-0.1, -0.05) is 255 Å². The normalized spacial score (nSPS) is 12.3. The molecule has 0 atom stereocenters. The molecule has 23 rings (SSSR count). The Morgan fingerprint density at radius 2 is 0.320 bits per heavy atom. The number of nitrogens with zero attached hydrogens (tertiary/aromatic N) is 6. The largest absolute Gasteiger partial charge is 0.307 e. The molecule has 0 aliphatic rings. The average Bonchev–Trinajstić information content (AvgIpc) is 1.57. The molecule has 0 unspecified atom stereocenters. The average molecular weight is 1330 g/mol. The fourth-order valence-electron chi connectivity index (χ4n) is 18.1. The number of aromatic nitrogens is 6. The van der Waals surface area contributed by atoms with Crippen LogP contribution in [-0.4, -0.2) is 27.4 Å². The summed E-state index contributed by atoms with van der Waals surface area (Å²) in [6, 6.07) is 132. The van der Waals surface area contributed by atoms with Crippen LogP contribution < -0.4 is 0 Å². The van der Waals surface area contributed by atoms with E-state index in [9.17, 15) is 0 Å². The Kier molecular flexibility index (Phi) is 11.8. The Labute approximate surface area is 594 Å². The standard InChI is InChI=1S/C96H58N6S/c1-13-43-77-59(27-1)60-28-2-14-44-78(60)97(77)89-57-55-71(91(99-81-47-17-5-31-63(81)64-32-6-18-48-82(64)99)93(89)101-85-51-21-9-35-67(85)68-36-10-22-52-86(68)101)73-39-25-41-75-76-42-26-40-74(96(76)103-95(73)75)72-56-58-90(98-79-45-15-3-29-61(79)62-30-4-16-46-80(62)98)94(102-87-53-23-11-37-69(87)70-38-12-24-54-88(70)102)92(72)100-83-49-19-7-33-65(83)66-34-8-20-50-84(66)100/h1-58H. The molecular weight excluding hydrogens is 1270 g/mol. The molecule has 16 aromatic carbocycles. The molecule has 0 radical (unpaired) electrons. The van der Waals surface area contributed by atoms with Crippen LogP contribution in [0.4, 0.5) is 0 Å². The molecule has 0 aliphatic carbocycles. The van der Waals surface area contributed by atoms with Crippen LogP contribution in [0.15, 0.2) is 352 Å². The lowest BCUT2D eigenvalue weighted by Crippen LogP contribution is -2.10. The predicted molar refractivity (Wildman–Crippen MR) is 436 cm³/mol. The van der Waals surface area contributed by atoms with E-state index in [0.29, 0.717) is 0 Å². The fraction of sp³-hybridized carbons (Fsp3) is 0. The molecule has 0 amide bonds. The maximum Gasteiger partial charge on any atom is 0.0953 e. The molecule has 7 heteroatoms. The molecule has 0 aliphatic heterocycles. The summed E-state index contributed by atoms with van der Waals surface area (Å²) in [4.78, 5) is 0. The predicted octanol–water partition coefficient (Wildman–Crippen LogP) is 26.0. The van der Waals surface area contributed by atoms with Crippen molar-refractivity contribution in [1.29, 1.82) is 0 Å². The van der Waals surface area contributed by atoms with E-state index in [1.54, 1.807) is 0 Å². The van der Waals surface area contributed by atoms with Crippen LogP contribution in [-0.2, 0) is 0 Å². The first kappa shape index (κ1) is 56.4. The zero-order chi connectivity index (χ0) is 67.1. The number of thiophene rings is 1. The Bertz CT molecular complexity index is 6810. The van der Waals surface area contributed by atoms with Crippen LogP contribution in [0.5, 0.6) is 0 Å². The number of hydrogen-bond donors (Lipinski definition) is 0. The highest BCUT2D eigenvalue weighted by Crippen LogP contribution is 2.53. The third-order valence-corrected chi connectivity index (χ3v) is 23.5. The number of rotatable bonds is 8. The highest BCUT2D eigenvalue weighted by atomic mass is 32.1. The van der Waals surface area contributed by atoms with E-state index in [1.807, 2.05) is 11.3 Å². The number of para-hydroxylation sites is 12. The monoisotopic (exact) mass is 1330 g/mol. The van der Waals surface area contributed by atoms with Gasteiger partial charge in [0.25, 0.3) is 0 Å². The van der Waals surface area contributed by atoms with Crippen molar-refractivity contribution in [3.63, 3.8) is 0 Å². The van der Waals surface area contributed by atoms with Gasteiger partial charge in [-0.2, -0.15) is 0 Å². The number of benzene rings is 16. The molecule has 6 nitrogen and oxygen atoms in total. The van der Waals surface area contributed by atoms with Crippen molar-refractivity contribution < 1.29 is 0 Å². The Morgan fingerprint density at radius 3 is 0.544 bits per heavy atom. The van der Waals surface area contributed by atoms with Gasteiger partial charge in [-0.3, -0.25) is 0 Å². The molecular formula is C96H58N6S. The van der Waals surface area contributed by atoms with Gasteiger partial charge in [-0.15, -0.1) is 11.3 Å². The second-order valence-electron chi connectivity index (χ2n) is 27.3. The van der Waals surface area contributed by atoms with E-state index in [0.717, 1.165) is 123 Å². The van der Waals surface area contributed by atoms with E-state index in [1.165, 1.54) is 84.8 Å². The van der Waals surface area contributed by atoms with Crippen LogP contribution in [0.3, 0.4) is 0 Å². The first-order valence-electron chi connectivity index (χ1n) is 35.4. The molecule has 0 spiro atoms. The van der Waals surface area contributed by atoms with Gasteiger partial charge in [-0.25, -0.2) is 0 Å². The zero-order valence-electron chi connectivity index (χ0n) is 55.6. The Morgan fingerprint density at radius 1 is 0.136 bits per heavy atom. The summed E-state index contributed by atoms with van der Waals surface area (Å²) in [7, 11) is 0. The molecule has 103 heavy (non-hydrogen) atoms. The quantitative estimate of drug-likeness (QED) is 0.145. The summed E-state index contributed by atoms with van der Waals surface area (Å²) in [5.74, 6) is 0. The number of fused-ring (bicyclic) bond motifs is 21. The minimum Gasteiger partial charge on any atom is -0.307 e. The molecule has 0 saturated carbocycles. The lowest BCUT2D eigenvalue weighted by Gasteiger charge is -2.25. The van der Waals surface area contributed by atoms with Gasteiger partial charge in [-0.05, 0) is 97.1 Å². The van der Waals surface area contributed by atoms with Gasteiger partial charge >= 0.3 is 0 Å². The fourth-order valence-corrected chi connectivity index (χ4v) is 19.4. The molecule has 0 bridgehead atoms. The summed E-state index contributed by atoms with van der Waals surface area (Å²) in [5.41, 5.74) is 24.8. The van der Waals surface area contributed by atoms with Crippen molar-refractivity contribution >= 4 is 162 Å². The van der Waals surface area contributed by atoms with Gasteiger partial charge in [0.15, 0.2) is 0 Å². The number of hydrogen-bond acceptors (Lipinski definition) is 1. The van der Waals surface area contributed by atoms with Crippen LogP contribution in [0, 0.1) is 0 Å². The van der Waals surface area contributed by atoms with E-state index >= 15 is 0 Å².